The summed E-state index contributed by atoms with van der Waals surface area (Å²) in [5.74, 6) is 0.638. The molecule has 2 aromatic heterocycles. The number of pyridine rings is 1. The van der Waals surface area contributed by atoms with E-state index in [2.05, 4.69) is 62.4 Å². The van der Waals surface area contributed by atoms with Crippen LogP contribution in [0.5, 0.6) is 0 Å². The molecule has 0 bridgehead atoms. The van der Waals surface area contributed by atoms with Crippen molar-refractivity contribution >= 4 is 28.2 Å². The molecule has 9 nitrogen and oxygen atoms in total. The van der Waals surface area contributed by atoms with E-state index in [1.807, 2.05) is 25.1 Å². The molecule has 2 aromatic carbocycles. The molecule has 1 aliphatic heterocycles. The number of piperazine rings is 1. The van der Waals surface area contributed by atoms with Gasteiger partial charge in [-0.15, -0.1) is 5.10 Å². The first-order chi connectivity index (χ1) is 17.9. The molecule has 0 spiro atoms. The van der Waals surface area contributed by atoms with Gasteiger partial charge in [-0.05, 0) is 72.0 Å². The Morgan fingerprint density at radius 2 is 1.84 bits per heavy atom. The van der Waals surface area contributed by atoms with E-state index in [9.17, 15) is 4.79 Å². The van der Waals surface area contributed by atoms with Crippen molar-refractivity contribution in [1.82, 2.24) is 30.1 Å². The van der Waals surface area contributed by atoms with Crippen LogP contribution >= 0.6 is 11.6 Å². The Balaban J connectivity index is 1.54. The van der Waals surface area contributed by atoms with Crippen LogP contribution in [0.15, 0.2) is 41.2 Å². The van der Waals surface area contributed by atoms with Crippen LogP contribution in [-0.4, -0.2) is 70.0 Å². The van der Waals surface area contributed by atoms with Gasteiger partial charge < -0.3 is 14.6 Å². The van der Waals surface area contributed by atoms with Crippen LogP contribution in [0.2, 0.25) is 5.02 Å². The minimum Gasteiger partial charge on any atom is -0.383 e. The lowest BCUT2D eigenvalue weighted by Gasteiger charge is -2.40. The number of tetrazole rings is 1. The molecule has 0 radical (unpaired) electrons. The second kappa shape index (κ2) is 10.6. The molecule has 0 aliphatic carbocycles. The maximum absolute atomic E-state index is 13.5. The third kappa shape index (κ3) is 5.12. The van der Waals surface area contributed by atoms with E-state index in [4.69, 9.17) is 16.3 Å². The predicted molar refractivity (Wildman–Crippen MR) is 146 cm³/mol. The minimum absolute atomic E-state index is 0.126. The van der Waals surface area contributed by atoms with Gasteiger partial charge in [-0.25, -0.2) is 4.68 Å². The van der Waals surface area contributed by atoms with Crippen molar-refractivity contribution in [1.29, 1.82) is 0 Å². The number of hydrogen-bond donors (Lipinski definition) is 1. The molecule has 1 N–H and O–H groups in total. The van der Waals surface area contributed by atoms with Crippen molar-refractivity contribution in [3.05, 3.63) is 79.9 Å². The second-order valence-corrected chi connectivity index (χ2v) is 10.1. The molecule has 0 unspecified atom stereocenters. The summed E-state index contributed by atoms with van der Waals surface area (Å²) in [6, 6.07) is 11.8. The molecular weight excluding hydrogens is 490 g/mol. The Morgan fingerprint density at radius 3 is 2.59 bits per heavy atom. The van der Waals surface area contributed by atoms with Gasteiger partial charge in [0.1, 0.15) is 6.04 Å². The predicted octanol–water partition coefficient (Wildman–Crippen LogP) is 3.65. The van der Waals surface area contributed by atoms with Gasteiger partial charge in [0.05, 0.1) is 18.7 Å². The molecule has 1 aliphatic rings. The zero-order valence-electron chi connectivity index (χ0n) is 21.7. The number of aromatic nitrogens is 5. The third-order valence-electron chi connectivity index (χ3n) is 7.12. The van der Waals surface area contributed by atoms with Gasteiger partial charge >= 0.3 is 0 Å². The minimum atomic E-state index is -0.400. The Labute approximate surface area is 221 Å². The highest BCUT2D eigenvalue weighted by atomic mass is 35.5. The number of hydrogen-bond acceptors (Lipinski definition) is 7. The van der Waals surface area contributed by atoms with Crippen LogP contribution in [0.3, 0.4) is 0 Å². The highest BCUT2D eigenvalue weighted by molar-refractivity contribution is 6.30. The number of H-pyrrole nitrogens is 1. The molecular formula is C27H32ClN7O2. The first-order valence-corrected chi connectivity index (χ1v) is 12.9. The number of nitrogens with zero attached hydrogens (tertiary/aromatic N) is 6. The fourth-order valence-electron chi connectivity index (χ4n) is 5.29. The molecule has 4 aromatic rings. The average Bonchev–Trinajstić information content (AvgIpc) is 3.34. The van der Waals surface area contributed by atoms with Gasteiger partial charge in [0, 0.05) is 49.6 Å². The summed E-state index contributed by atoms with van der Waals surface area (Å²) >= 11 is 6.30. The first kappa shape index (κ1) is 25.4. The van der Waals surface area contributed by atoms with Crippen LogP contribution in [0.1, 0.15) is 34.1 Å². The topological polar surface area (TPSA) is 92.2 Å². The zero-order valence-corrected chi connectivity index (χ0v) is 22.4. The first-order valence-electron chi connectivity index (χ1n) is 12.5. The van der Waals surface area contributed by atoms with Crippen molar-refractivity contribution in [2.45, 2.75) is 33.4 Å². The molecule has 1 saturated heterocycles. The van der Waals surface area contributed by atoms with Crippen molar-refractivity contribution in [2.75, 3.05) is 44.8 Å². The van der Waals surface area contributed by atoms with Gasteiger partial charge in [0.15, 0.2) is 5.82 Å². The number of aryl methyl sites for hydroxylation is 3. The van der Waals surface area contributed by atoms with E-state index in [0.717, 1.165) is 58.9 Å². The molecule has 5 rings (SSSR count). The molecule has 10 heteroatoms. The smallest absolute Gasteiger partial charge is 0.253 e. The molecule has 194 valence electrons. The molecule has 37 heavy (non-hydrogen) atoms. The van der Waals surface area contributed by atoms with E-state index in [-0.39, 0.29) is 5.56 Å². The van der Waals surface area contributed by atoms with Crippen LogP contribution < -0.4 is 10.5 Å². The van der Waals surface area contributed by atoms with Crippen LogP contribution in [0, 0.1) is 20.8 Å². The number of fused-ring (bicyclic) bond motifs is 1. The SMILES string of the molecule is COCCn1nnnc1[C@@H](c1cc2cc(C)cc(C)c2[nH]c1=O)N1CCN(c2cc(Cl)ccc2C)CC1. The van der Waals surface area contributed by atoms with Crippen molar-refractivity contribution in [3.8, 4) is 0 Å². The largest absolute Gasteiger partial charge is 0.383 e. The van der Waals surface area contributed by atoms with E-state index in [0.29, 0.717) is 24.5 Å². The van der Waals surface area contributed by atoms with E-state index >= 15 is 0 Å². The van der Waals surface area contributed by atoms with Gasteiger partial charge in [-0.1, -0.05) is 29.3 Å². The molecule has 1 atom stereocenters. The molecule has 0 saturated carbocycles. The highest BCUT2D eigenvalue weighted by Gasteiger charge is 2.33. The summed E-state index contributed by atoms with van der Waals surface area (Å²) in [4.78, 5) is 21.3. The van der Waals surface area contributed by atoms with Crippen LogP contribution in [-0.2, 0) is 11.3 Å². The van der Waals surface area contributed by atoms with Crippen molar-refractivity contribution < 1.29 is 4.74 Å². The number of nitrogens with one attached hydrogen (secondary N) is 1. The summed E-state index contributed by atoms with van der Waals surface area (Å²) in [5.41, 5.74) is 5.90. The fraction of sp³-hybridized carbons (Fsp3) is 0.407. The highest BCUT2D eigenvalue weighted by Crippen LogP contribution is 2.31. The zero-order chi connectivity index (χ0) is 26.1. The Bertz CT molecular complexity index is 1470. The number of rotatable bonds is 7. The molecule has 3 heterocycles. The van der Waals surface area contributed by atoms with Gasteiger partial charge in [0.2, 0.25) is 0 Å². The normalized spacial score (nSPS) is 15.4. The summed E-state index contributed by atoms with van der Waals surface area (Å²) in [5, 5.41) is 14.3. The Kier molecular flexibility index (Phi) is 7.28. The lowest BCUT2D eigenvalue weighted by Crippen LogP contribution is -2.49. The monoisotopic (exact) mass is 521 g/mol. The van der Waals surface area contributed by atoms with Crippen LogP contribution in [0.25, 0.3) is 10.9 Å². The quantitative estimate of drug-likeness (QED) is 0.397. The number of halogens is 1. The fourth-order valence-corrected chi connectivity index (χ4v) is 5.46. The lowest BCUT2D eigenvalue weighted by atomic mass is 10.00. The van der Waals surface area contributed by atoms with Gasteiger partial charge in [-0.3, -0.25) is 9.69 Å². The number of benzene rings is 2. The van der Waals surface area contributed by atoms with Gasteiger partial charge in [0.25, 0.3) is 5.56 Å². The van der Waals surface area contributed by atoms with Gasteiger partial charge in [-0.2, -0.15) is 0 Å². The standard InChI is InChI=1S/C27H32ClN7O2/c1-17-13-19(3)24-20(14-17)15-22(27(36)29-24)25(26-30-31-32-35(26)11-12-37-4)34-9-7-33(8-10-34)23-16-21(28)6-5-18(23)2/h5-6,13-16,25H,7-12H2,1-4H3,(H,29,36)/t25-/m1/s1. The number of ether oxygens (including phenoxy) is 1. The maximum atomic E-state index is 13.5. The van der Waals surface area contributed by atoms with Crippen LogP contribution in [0.4, 0.5) is 5.69 Å². The number of anilines is 1. The summed E-state index contributed by atoms with van der Waals surface area (Å²) < 4.78 is 7.02. The molecule has 1 fully saturated rings. The number of methoxy groups -OCH3 is 1. The molecule has 0 amide bonds. The Hall–Kier alpha value is -3.27. The average molecular weight is 522 g/mol. The second-order valence-electron chi connectivity index (χ2n) is 9.71. The van der Waals surface area contributed by atoms with E-state index < -0.39 is 6.04 Å². The van der Waals surface area contributed by atoms with Crippen molar-refractivity contribution in [3.63, 3.8) is 0 Å². The summed E-state index contributed by atoms with van der Waals surface area (Å²) in [7, 11) is 1.65. The summed E-state index contributed by atoms with van der Waals surface area (Å²) in [6.07, 6.45) is 0. The Morgan fingerprint density at radius 1 is 1.05 bits per heavy atom. The van der Waals surface area contributed by atoms with E-state index in [1.54, 1.807) is 11.8 Å². The summed E-state index contributed by atoms with van der Waals surface area (Å²) in [6.45, 7) is 10.2. The van der Waals surface area contributed by atoms with Crippen molar-refractivity contribution in [2.24, 2.45) is 0 Å². The van der Waals surface area contributed by atoms with E-state index in [1.165, 1.54) is 5.56 Å². The third-order valence-corrected chi connectivity index (χ3v) is 7.35. The lowest BCUT2D eigenvalue weighted by molar-refractivity contribution is 0.171. The number of aromatic amines is 1. The maximum Gasteiger partial charge on any atom is 0.253 e.